The van der Waals surface area contributed by atoms with Crippen LogP contribution >= 0.6 is 23.6 Å². The lowest BCUT2D eigenvalue weighted by Gasteiger charge is -2.19. The van der Waals surface area contributed by atoms with Crippen LogP contribution in [-0.2, 0) is 5.41 Å². The molecule has 0 atom stereocenters. The molecule has 0 aliphatic carbocycles. The fourth-order valence-electron chi connectivity index (χ4n) is 3.08. The summed E-state index contributed by atoms with van der Waals surface area (Å²) in [6.07, 6.45) is 1.44. The lowest BCUT2D eigenvalue weighted by atomic mass is 9.87. The Labute approximate surface area is 200 Å². The summed E-state index contributed by atoms with van der Waals surface area (Å²) in [6, 6.07) is 16.2. The number of thiazole rings is 1. The van der Waals surface area contributed by atoms with Crippen molar-refractivity contribution in [2.24, 2.45) is 0 Å². The van der Waals surface area contributed by atoms with Crippen molar-refractivity contribution in [3.8, 4) is 0 Å². The van der Waals surface area contributed by atoms with Gasteiger partial charge in [0.25, 0.3) is 11.8 Å². The van der Waals surface area contributed by atoms with Gasteiger partial charge in [-0.1, -0.05) is 44.2 Å². The molecule has 0 saturated heterocycles. The minimum Gasteiger partial charge on any atom is -0.459 e. The molecule has 0 radical (unpaired) electrons. The third kappa shape index (κ3) is 5.44. The molecule has 9 heteroatoms. The summed E-state index contributed by atoms with van der Waals surface area (Å²) in [4.78, 5) is 29.1. The standard InChI is InChI=1S/C24H22N4O3S2/c1-24(2,3)15-8-6-14(7-9-15)20(29)27-22(32)25-16-10-11-17-19(13-16)33-23(26-17)28-21(30)18-5-4-12-31-18/h4-13H,1-3H3,(H,26,28,30)(H2,25,27,29,32). The molecule has 33 heavy (non-hydrogen) atoms. The summed E-state index contributed by atoms with van der Waals surface area (Å²) in [6.45, 7) is 6.37. The Kier molecular flexibility index (Phi) is 6.26. The fraction of sp³-hybridized carbons (Fsp3) is 0.167. The summed E-state index contributed by atoms with van der Waals surface area (Å²) in [7, 11) is 0. The largest absolute Gasteiger partial charge is 0.459 e. The van der Waals surface area contributed by atoms with Gasteiger partial charge in [0.05, 0.1) is 16.5 Å². The van der Waals surface area contributed by atoms with Crippen LogP contribution in [0.25, 0.3) is 10.2 Å². The number of furan rings is 1. The third-order valence-corrected chi connectivity index (χ3v) is 5.99. The molecule has 0 fully saturated rings. The maximum atomic E-state index is 12.5. The normalized spacial score (nSPS) is 11.2. The molecule has 7 nitrogen and oxygen atoms in total. The van der Waals surface area contributed by atoms with Crippen molar-refractivity contribution < 1.29 is 14.0 Å². The van der Waals surface area contributed by atoms with Crippen LogP contribution in [0, 0.1) is 0 Å². The SMILES string of the molecule is CC(C)(C)c1ccc(C(=O)NC(=S)Nc2ccc3nc(NC(=O)c4ccco4)sc3c2)cc1. The second-order valence-electron chi connectivity index (χ2n) is 8.37. The molecule has 0 aliphatic rings. The predicted octanol–water partition coefficient (Wildman–Crippen LogP) is 5.57. The molecule has 168 valence electrons. The Bertz CT molecular complexity index is 1320. The average molecular weight is 479 g/mol. The number of fused-ring (bicyclic) bond motifs is 1. The van der Waals surface area contributed by atoms with E-state index in [4.69, 9.17) is 16.6 Å². The van der Waals surface area contributed by atoms with Gasteiger partial charge in [-0.3, -0.25) is 20.2 Å². The number of aromatic nitrogens is 1. The molecule has 3 N–H and O–H groups in total. The highest BCUT2D eigenvalue weighted by atomic mass is 32.1. The van der Waals surface area contributed by atoms with E-state index in [0.717, 1.165) is 15.8 Å². The molecule has 4 rings (SSSR count). The monoisotopic (exact) mass is 478 g/mol. The van der Waals surface area contributed by atoms with Crippen LogP contribution in [0.15, 0.2) is 65.3 Å². The van der Waals surface area contributed by atoms with Crippen molar-refractivity contribution in [1.82, 2.24) is 10.3 Å². The summed E-state index contributed by atoms with van der Waals surface area (Å²) in [5, 5.41) is 9.09. The van der Waals surface area contributed by atoms with Crippen LogP contribution in [0.1, 0.15) is 47.2 Å². The van der Waals surface area contributed by atoms with Crippen LogP contribution < -0.4 is 16.0 Å². The second-order valence-corrected chi connectivity index (χ2v) is 9.81. The lowest BCUT2D eigenvalue weighted by Crippen LogP contribution is -2.34. The van der Waals surface area contributed by atoms with Gasteiger partial charge in [0.2, 0.25) is 0 Å². The Hall–Kier alpha value is -3.56. The van der Waals surface area contributed by atoms with Gasteiger partial charge >= 0.3 is 0 Å². The van der Waals surface area contributed by atoms with Gasteiger partial charge in [0.1, 0.15) is 0 Å². The maximum Gasteiger partial charge on any atom is 0.293 e. The number of nitrogens with zero attached hydrogens (tertiary/aromatic N) is 1. The number of thiocarbonyl (C=S) groups is 1. The molecule has 4 aromatic rings. The number of hydrogen-bond acceptors (Lipinski definition) is 6. The Morgan fingerprint density at radius 3 is 2.42 bits per heavy atom. The molecule has 0 unspecified atom stereocenters. The van der Waals surface area contributed by atoms with Crippen molar-refractivity contribution >= 4 is 61.5 Å². The summed E-state index contributed by atoms with van der Waals surface area (Å²) in [5.74, 6) is -0.433. The van der Waals surface area contributed by atoms with Crippen molar-refractivity contribution in [1.29, 1.82) is 0 Å². The van der Waals surface area contributed by atoms with Crippen LogP contribution in [0.5, 0.6) is 0 Å². The van der Waals surface area contributed by atoms with Crippen molar-refractivity contribution in [2.75, 3.05) is 10.6 Å². The van der Waals surface area contributed by atoms with E-state index >= 15 is 0 Å². The highest BCUT2D eigenvalue weighted by Gasteiger charge is 2.15. The molecule has 0 saturated carbocycles. The fourth-order valence-corrected chi connectivity index (χ4v) is 4.19. The topological polar surface area (TPSA) is 96.3 Å². The smallest absolute Gasteiger partial charge is 0.293 e. The minimum absolute atomic E-state index is 0.0165. The van der Waals surface area contributed by atoms with Crippen molar-refractivity contribution in [3.05, 3.63) is 77.7 Å². The van der Waals surface area contributed by atoms with Gasteiger partial charge in [0.15, 0.2) is 16.0 Å². The van der Waals surface area contributed by atoms with Crippen LogP contribution in [0.3, 0.4) is 0 Å². The van der Waals surface area contributed by atoms with Gasteiger partial charge in [-0.15, -0.1) is 0 Å². The molecule has 0 aliphatic heterocycles. The van der Waals surface area contributed by atoms with Crippen molar-refractivity contribution in [2.45, 2.75) is 26.2 Å². The first kappa shape index (κ1) is 22.6. The average Bonchev–Trinajstić information content (AvgIpc) is 3.42. The molecular formula is C24H22N4O3S2. The van der Waals surface area contributed by atoms with Gasteiger partial charge < -0.3 is 9.73 Å². The molecule has 2 aromatic carbocycles. The van der Waals surface area contributed by atoms with Crippen LogP contribution in [0.2, 0.25) is 0 Å². The minimum atomic E-state index is -0.364. The van der Waals surface area contributed by atoms with E-state index in [-0.39, 0.29) is 28.1 Å². The predicted molar refractivity (Wildman–Crippen MR) is 135 cm³/mol. The second kappa shape index (κ2) is 9.13. The van der Waals surface area contributed by atoms with Crippen molar-refractivity contribution in [3.63, 3.8) is 0 Å². The van der Waals surface area contributed by atoms with E-state index in [0.29, 0.717) is 16.4 Å². The van der Waals surface area contributed by atoms with E-state index in [2.05, 4.69) is 41.7 Å². The van der Waals surface area contributed by atoms with Gasteiger partial charge in [-0.2, -0.15) is 0 Å². The number of hydrogen-bond donors (Lipinski definition) is 3. The highest BCUT2D eigenvalue weighted by Crippen LogP contribution is 2.29. The summed E-state index contributed by atoms with van der Waals surface area (Å²) < 4.78 is 5.94. The van der Waals surface area contributed by atoms with E-state index in [9.17, 15) is 9.59 Å². The first-order valence-corrected chi connectivity index (χ1v) is 11.4. The van der Waals surface area contributed by atoms with Gasteiger partial charge in [0, 0.05) is 11.3 Å². The Balaban J connectivity index is 1.39. The number of rotatable bonds is 4. The zero-order valence-electron chi connectivity index (χ0n) is 18.3. The van der Waals surface area contributed by atoms with Crippen LogP contribution in [-0.4, -0.2) is 21.9 Å². The third-order valence-electron chi connectivity index (χ3n) is 4.85. The van der Waals surface area contributed by atoms with E-state index < -0.39 is 0 Å². The molecule has 0 spiro atoms. The van der Waals surface area contributed by atoms with E-state index in [1.54, 1.807) is 30.3 Å². The number of carbonyl (C=O) groups is 2. The first-order valence-electron chi connectivity index (χ1n) is 10.2. The first-order chi connectivity index (χ1) is 15.7. The molecule has 2 aromatic heterocycles. The van der Waals surface area contributed by atoms with E-state index in [1.165, 1.54) is 17.6 Å². The van der Waals surface area contributed by atoms with Crippen LogP contribution in [0.4, 0.5) is 10.8 Å². The number of amides is 2. The molecule has 0 bridgehead atoms. The number of carbonyl (C=O) groups excluding carboxylic acids is 2. The molecule has 2 heterocycles. The lowest BCUT2D eigenvalue weighted by molar-refractivity contribution is 0.0975. The van der Waals surface area contributed by atoms with Gasteiger partial charge in [-0.25, -0.2) is 4.98 Å². The summed E-state index contributed by atoms with van der Waals surface area (Å²) >= 11 is 6.63. The Morgan fingerprint density at radius 1 is 1.00 bits per heavy atom. The Morgan fingerprint density at radius 2 is 1.76 bits per heavy atom. The zero-order valence-corrected chi connectivity index (χ0v) is 19.9. The van der Waals surface area contributed by atoms with E-state index in [1.807, 2.05) is 24.3 Å². The quantitative estimate of drug-likeness (QED) is 0.332. The number of nitrogens with one attached hydrogen (secondary N) is 3. The zero-order chi connectivity index (χ0) is 23.6. The maximum absolute atomic E-state index is 12.5. The number of anilines is 2. The summed E-state index contributed by atoms with van der Waals surface area (Å²) in [5.41, 5.74) is 3.12. The molecule has 2 amide bonds. The number of benzene rings is 2. The molecular weight excluding hydrogens is 456 g/mol. The highest BCUT2D eigenvalue weighted by molar-refractivity contribution is 7.80. The van der Waals surface area contributed by atoms with Gasteiger partial charge in [-0.05, 0) is 65.7 Å².